The Hall–Kier alpha value is -2.52. The van der Waals surface area contributed by atoms with Gasteiger partial charge in [-0.2, -0.15) is 5.26 Å². The average Bonchev–Trinajstić information content (AvgIpc) is 2.68. The molecule has 1 saturated heterocycles. The first-order chi connectivity index (χ1) is 13.7. The fraction of sp³-hybridized carbons (Fsp3) is 0.455. The van der Waals surface area contributed by atoms with E-state index in [1.807, 2.05) is 11.0 Å². The Morgan fingerprint density at radius 3 is 2.48 bits per heavy atom. The van der Waals surface area contributed by atoms with Crippen LogP contribution in [0.1, 0.15) is 45.6 Å². The summed E-state index contributed by atoms with van der Waals surface area (Å²) in [5.74, 6) is -0.664. The summed E-state index contributed by atoms with van der Waals surface area (Å²) in [5, 5.41) is 13.2. The molecule has 0 amide bonds. The number of benzene rings is 1. The lowest BCUT2D eigenvalue weighted by Gasteiger charge is -2.32. The summed E-state index contributed by atoms with van der Waals surface area (Å²) in [6.45, 7) is 12.9. The van der Waals surface area contributed by atoms with Crippen LogP contribution in [0.25, 0.3) is 0 Å². The predicted molar refractivity (Wildman–Crippen MR) is 113 cm³/mol. The lowest BCUT2D eigenvalue weighted by Crippen LogP contribution is -2.38. The summed E-state index contributed by atoms with van der Waals surface area (Å²) in [6.07, 6.45) is 3.05. The van der Waals surface area contributed by atoms with Gasteiger partial charge in [0.05, 0.1) is 0 Å². The van der Waals surface area contributed by atoms with Gasteiger partial charge in [-0.05, 0) is 63.8 Å². The van der Waals surface area contributed by atoms with Crippen molar-refractivity contribution in [3.63, 3.8) is 0 Å². The Labute approximate surface area is 177 Å². The SMILES string of the molecule is C=C.CC(C)(C)OC(=O)/C(C#N)=C(/NCc1cc(F)ccc1Cl)N1CCCCC1. The number of nitriles is 1. The Morgan fingerprint density at radius 1 is 1.31 bits per heavy atom. The van der Waals surface area contributed by atoms with Crippen molar-refractivity contribution in [2.75, 3.05) is 13.1 Å². The van der Waals surface area contributed by atoms with Crippen molar-refractivity contribution in [1.29, 1.82) is 5.26 Å². The van der Waals surface area contributed by atoms with E-state index in [9.17, 15) is 14.4 Å². The van der Waals surface area contributed by atoms with Crippen molar-refractivity contribution >= 4 is 17.6 Å². The van der Waals surface area contributed by atoms with Crippen molar-refractivity contribution in [1.82, 2.24) is 10.2 Å². The third-order valence-corrected chi connectivity index (χ3v) is 4.45. The van der Waals surface area contributed by atoms with E-state index in [0.717, 1.165) is 32.4 Å². The van der Waals surface area contributed by atoms with Gasteiger partial charge < -0.3 is 15.0 Å². The number of hydrogen-bond acceptors (Lipinski definition) is 5. The van der Waals surface area contributed by atoms with Gasteiger partial charge in [0.15, 0.2) is 5.57 Å². The van der Waals surface area contributed by atoms with Gasteiger partial charge >= 0.3 is 5.97 Å². The molecule has 7 heteroatoms. The Balaban J connectivity index is 0.00000204. The molecular formula is C22H29ClFN3O2. The highest BCUT2D eigenvalue weighted by Crippen LogP contribution is 2.21. The van der Waals surface area contributed by atoms with Gasteiger partial charge in [-0.3, -0.25) is 0 Å². The molecule has 1 aromatic carbocycles. The van der Waals surface area contributed by atoms with Crippen LogP contribution >= 0.6 is 11.6 Å². The molecule has 1 fully saturated rings. The molecule has 0 bridgehead atoms. The molecule has 0 unspecified atom stereocenters. The van der Waals surface area contributed by atoms with E-state index in [1.165, 1.54) is 18.2 Å². The first-order valence-corrected chi connectivity index (χ1v) is 9.89. The normalized spacial score (nSPS) is 14.7. The molecule has 5 nitrogen and oxygen atoms in total. The lowest BCUT2D eigenvalue weighted by atomic mass is 10.1. The maximum atomic E-state index is 13.5. The van der Waals surface area contributed by atoms with Gasteiger partial charge in [0.25, 0.3) is 0 Å². The number of likely N-dealkylation sites (tertiary alicyclic amines) is 1. The van der Waals surface area contributed by atoms with E-state index in [2.05, 4.69) is 18.5 Å². The zero-order chi connectivity index (χ0) is 22.0. The number of esters is 1. The Morgan fingerprint density at radius 2 is 1.93 bits per heavy atom. The van der Waals surface area contributed by atoms with Gasteiger partial charge in [-0.25, -0.2) is 9.18 Å². The van der Waals surface area contributed by atoms with Gasteiger partial charge in [-0.15, -0.1) is 13.2 Å². The fourth-order valence-corrected chi connectivity index (χ4v) is 3.04. The largest absolute Gasteiger partial charge is 0.456 e. The second-order valence-corrected chi connectivity index (χ2v) is 7.88. The zero-order valence-corrected chi connectivity index (χ0v) is 18.1. The van der Waals surface area contributed by atoms with Crippen molar-refractivity contribution in [3.8, 4) is 6.07 Å². The van der Waals surface area contributed by atoms with Crippen LogP contribution in [0.3, 0.4) is 0 Å². The number of nitrogens with one attached hydrogen (secondary N) is 1. The smallest absolute Gasteiger partial charge is 0.353 e. The summed E-state index contributed by atoms with van der Waals surface area (Å²) in [7, 11) is 0. The summed E-state index contributed by atoms with van der Waals surface area (Å²) in [5.41, 5.74) is -0.245. The molecule has 1 N–H and O–H groups in total. The standard InChI is InChI=1S/C20H25ClFN3O2.C2H4/c1-20(2,3)27-19(26)16(12-23)18(25-9-5-4-6-10-25)24-13-14-11-15(22)7-8-17(14)21;1-2/h7-8,11,24H,4-6,9-10,13H2,1-3H3;1-2H2/b18-16-;. The van der Waals surface area contributed by atoms with Crippen LogP contribution in [0.2, 0.25) is 5.02 Å². The Kier molecular flexibility index (Phi) is 9.70. The minimum absolute atomic E-state index is 0.0839. The molecule has 0 spiro atoms. The van der Waals surface area contributed by atoms with E-state index in [1.54, 1.807) is 20.8 Å². The molecule has 0 radical (unpaired) electrons. The first-order valence-electron chi connectivity index (χ1n) is 9.52. The lowest BCUT2D eigenvalue weighted by molar-refractivity contribution is -0.149. The highest BCUT2D eigenvalue weighted by atomic mass is 35.5. The highest BCUT2D eigenvalue weighted by Gasteiger charge is 2.26. The molecule has 2 rings (SSSR count). The molecule has 158 valence electrons. The summed E-state index contributed by atoms with van der Waals surface area (Å²) < 4.78 is 18.9. The number of halogens is 2. The van der Waals surface area contributed by atoms with E-state index in [-0.39, 0.29) is 12.1 Å². The van der Waals surface area contributed by atoms with Crippen LogP contribution in [0.5, 0.6) is 0 Å². The van der Waals surface area contributed by atoms with Gasteiger partial charge in [0, 0.05) is 24.7 Å². The van der Waals surface area contributed by atoms with Crippen LogP contribution in [0, 0.1) is 17.1 Å². The summed E-state index contributed by atoms with van der Waals surface area (Å²) >= 11 is 6.14. The molecule has 1 heterocycles. The second kappa shape index (κ2) is 11.5. The molecule has 29 heavy (non-hydrogen) atoms. The number of carbonyl (C=O) groups is 1. The predicted octanol–water partition coefficient (Wildman–Crippen LogP) is 4.93. The molecule has 0 atom stereocenters. The van der Waals surface area contributed by atoms with Crippen molar-refractivity contribution < 1.29 is 13.9 Å². The highest BCUT2D eigenvalue weighted by molar-refractivity contribution is 6.31. The number of ether oxygens (including phenoxy) is 1. The first kappa shape index (κ1) is 24.5. The molecule has 1 aliphatic rings. The van der Waals surface area contributed by atoms with Crippen molar-refractivity contribution in [3.05, 3.63) is 59.2 Å². The molecule has 0 aromatic heterocycles. The third kappa shape index (κ3) is 7.78. The molecular weight excluding hydrogens is 393 g/mol. The van der Waals surface area contributed by atoms with E-state index in [0.29, 0.717) is 16.4 Å². The van der Waals surface area contributed by atoms with Gasteiger partial charge in [0.2, 0.25) is 0 Å². The van der Waals surface area contributed by atoms with Crippen molar-refractivity contribution in [2.45, 2.75) is 52.2 Å². The fourth-order valence-electron chi connectivity index (χ4n) is 2.86. The number of rotatable bonds is 5. The Bertz CT molecular complexity index is 775. The molecule has 1 aromatic rings. The van der Waals surface area contributed by atoms with Crippen LogP contribution in [-0.4, -0.2) is 29.6 Å². The molecule has 0 aliphatic carbocycles. The zero-order valence-electron chi connectivity index (χ0n) is 17.4. The van der Waals surface area contributed by atoms with E-state index < -0.39 is 17.4 Å². The van der Waals surface area contributed by atoms with Gasteiger partial charge in [0.1, 0.15) is 23.3 Å². The van der Waals surface area contributed by atoms with E-state index in [4.69, 9.17) is 16.3 Å². The van der Waals surface area contributed by atoms with Crippen LogP contribution < -0.4 is 5.32 Å². The monoisotopic (exact) mass is 421 g/mol. The minimum atomic E-state index is -0.710. The second-order valence-electron chi connectivity index (χ2n) is 7.47. The molecule has 1 aliphatic heterocycles. The topological polar surface area (TPSA) is 65.4 Å². The van der Waals surface area contributed by atoms with Crippen LogP contribution in [-0.2, 0) is 16.1 Å². The van der Waals surface area contributed by atoms with Crippen LogP contribution in [0.15, 0.2) is 42.8 Å². The third-order valence-electron chi connectivity index (χ3n) is 4.08. The summed E-state index contributed by atoms with van der Waals surface area (Å²) in [6, 6.07) is 6.08. The maximum absolute atomic E-state index is 13.5. The number of hydrogen-bond donors (Lipinski definition) is 1. The average molecular weight is 422 g/mol. The van der Waals surface area contributed by atoms with Crippen molar-refractivity contribution in [2.24, 2.45) is 0 Å². The molecule has 0 saturated carbocycles. The number of piperidine rings is 1. The maximum Gasteiger partial charge on any atom is 0.353 e. The summed E-state index contributed by atoms with van der Waals surface area (Å²) in [4.78, 5) is 14.5. The number of carbonyl (C=O) groups excluding carboxylic acids is 1. The van der Waals surface area contributed by atoms with E-state index >= 15 is 0 Å². The van der Waals surface area contributed by atoms with Crippen LogP contribution in [0.4, 0.5) is 4.39 Å². The number of nitrogens with zero attached hydrogens (tertiary/aromatic N) is 2. The quantitative estimate of drug-likeness (QED) is 0.316. The van der Waals surface area contributed by atoms with Gasteiger partial charge in [-0.1, -0.05) is 11.6 Å². The minimum Gasteiger partial charge on any atom is -0.456 e.